The first kappa shape index (κ1) is 27.9. The second-order valence-corrected chi connectivity index (χ2v) is 7.00. The van der Waals surface area contributed by atoms with Crippen LogP contribution in [0.15, 0.2) is 0 Å². The normalized spacial score (nSPS) is 14.0. The van der Waals surface area contributed by atoms with E-state index in [4.69, 9.17) is 38.9 Å². The minimum absolute atomic E-state index is 5.53. The Bertz CT molecular complexity index is 590. The molecule has 0 amide bonds. The van der Waals surface area contributed by atoms with Crippen molar-refractivity contribution in [2.75, 3.05) is 0 Å². The second kappa shape index (κ2) is 7.99. The highest BCUT2D eigenvalue weighted by Crippen LogP contribution is 2.21. The summed E-state index contributed by atoms with van der Waals surface area (Å²) in [7, 11) is -17.5. The summed E-state index contributed by atoms with van der Waals surface area (Å²) in [4.78, 5) is 0. The lowest BCUT2D eigenvalue weighted by Crippen LogP contribution is -2.21. The molecule has 0 aromatic heterocycles. The van der Waals surface area contributed by atoms with E-state index in [1.165, 1.54) is 0 Å². The molecule has 0 radical (unpaired) electrons. The molecular formula is C3H3F9O9S3. The molecule has 0 aliphatic carbocycles. The fourth-order valence-corrected chi connectivity index (χ4v) is 0. The summed E-state index contributed by atoms with van der Waals surface area (Å²) in [5, 5.41) is 0. The van der Waals surface area contributed by atoms with Crippen LogP contribution in [0.1, 0.15) is 0 Å². The van der Waals surface area contributed by atoms with Crippen LogP contribution in [0.3, 0.4) is 0 Å². The van der Waals surface area contributed by atoms with Crippen molar-refractivity contribution in [3.63, 3.8) is 0 Å². The highest BCUT2D eigenvalue weighted by Gasteiger charge is 2.45. The van der Waals surface area contributed by atoms with Crippen LogP contribution in [-0.2, 0) is 30.4 Å². The molecule has 0 fully saturated rings. The zero-order chi connectivity index (χ0) is 21.0. The van der Waals surface area contributed by atoms with Crippen LogP contribution in [0.5, 0.6) is 0 Å². The molecule has 21 heteroatoms. The third-order valence-electron chi connectivity index (χ3n) is 0.877. The minimum atomic E-state index is -5.84. The molecule has 0 unspecified atom stereocenters. The van der Waals surface area contributed by atoms with Crippen molar-refractivity contribution in [2.24, 2.45) is 0 Å². The first-order valence-electron chi connectivity index (χ1n) is 3.86. The Morgan fingerprint density at radius 2 is 0.458 bits per heavy atom. The largest absolute Gasteiger partial charge is 0.522 e. The van der Waals surface area contributed by atoms with Gasteiger partial charge in [0.05, 0.1) is 0 Å². The highest BCUT2D eigenvalue weighted by atomic mass is 32.2. The fourth-order valence-electron chi connectivity index (χ4n) is 0. The summed E-state index contributed by atoms with van der Waals surface area (Å²) in [5.74, 6) is 0. The van der Waals surface area contributed by atoms with E-state index in [2.05, 4.69) is 0 Å². The Morgan fingerprint density at radius 3 is 0.458 bits per heavy atom. The van der Waals surface area contributed by atoms with Crippen molar-refractivity contribution in [3.05, 3.63) is 0 Å². The molecule has 0 aliphatic rings. The summed E-state index contributed by atoms with van der Waals surface area (Å²) in [6.07, 6.45) is 0. The lowest BCUT2D eigenvalue weighted by Gasteiger charge is -1.97. The number of alkyl halides is 9. The predicted octanol–water partition coefficient (Wildman–Crippen LogP) is 1.18. The van der Waals surface area contributed by atoms with Gasteiger partial charge in [0, 0.05) is 0 Å². The maximum atomic E-state index is 10.7. The molecule has 0 saturated heterocycles. The predicted molar refractivity (Wildman–Crippen MR) is 52.8 cm³/mol. The number of hydrogen-bond donors (Lipinski definition) is 3. The van der Waals surface area contributed by atoms with Gasteiger partial charge < -0.3 is 0 Å². The summed E-state index contributed by atoms with van der Waals surface area (Å²) in [6.45, 7) is 0. The van der Waals surface area contributed by atoms with E-state index in [1.807, 2.05) is 0 Å². The van der Waals surface area contributed by atoms with Gasteiger partial charge in [0.15, 0.2) is 0 Å². The quantitative estimate of drug-likeness (QED) is 0.279. The van der Waals surface area contributed by atoms with E-state index in [9.17, 15) is 39.5 Å². The van der Waals surface area contributed by atoms with Crippen LogP contribution < -0.4 is 0 Å². The lowest BCUT2D eigenvalue weighted by molar-refractivity contribution is -0.0514. The summed E-state index contributed by atoms with van der Waals surface area (Å²) in [6, 6.07) is 0. The van der Waals surface area contributed by atoms with Crippen LogP contribution in [0.2, 0.25) is 0 Å². The van der Waals surface area contributed by atoms with Gasteiger partial charge in [-0.3, -0.25) is 13.7 Å². The monoisotopic (exact) mass is 450 g/mol. The van der Waals surface area contributed by atoms with Gasteiger partial charge >= 0.3 is 46.9 Å². The van der Waals surface area contributed by atoms with E-state index in [0.717, 1.165) is 0 Å². The van der Waals surface area contributed by atoms with Crippen LogP contribution >= 0.6 is 0 Å². The summed E-state index contributed by atoms with van der Waals surface area (Å²) >= 11 is 0. The van der Waals surface area contributed by atoms with Crippen LogP contribution in [0.4, 0.5) is 39.5 Å². The molecule has 0 aliphatic heterocycles. The van der Waals surface area contributed by atoms with Gasteiger partial charge in [-0.15, -0.1) is 0 Å². The molecule has 0 bridgehead atoms. The molecule has 0 heterocycles. The van der Waals surface area contributed by atoms with Crippen LogP contribution in [0.25, 0.3) is 0 Å². The number of hydrogen-bond acceptors (Lipinski definition) is 6. The second-order valence-electron chi connectivity index (χ2n) is 2.76. The highest BCUT2D eigenvalue weighted by molar-refractivity contribution is 7.87. The molecule has 0 spiro atoms. The van der Waals surface area contributed by atoms with Gasteiger partial charge in [0.2, 0.25) is 0 Å². The van der Waals surface area contributed by atoms with Crippen LogP contribution in [0, 0.1) is 0 Å². The zero-order valence-corrected chi connectivity index (χ0v) is 12.4. The molecule has 0 aromatic carbocycles. The van der Waals surface area contributed by atoms with E-state index in [0.29, 0.717) is 0 Å². The Balaban J connectivity index is -0.000000276. The average Bonchev–Trinajstić information content (AvgIpc) is 2.08. The molecule has 0 saturated carbocycles. The zero-order valence-electron chi connectivity index (χ0n) is 9.92. The Labute approximate surface area is 126 Å². The van der Waals surface area contributed by atoms with E-state index >= 15 is 0 Å². The third-order valence-corrected chi connectivity index (χ3v) is 2.63. The molecule has 0 atom stereocenters. The minimum Gasteiger partial charge on any atom is -0.279 e. The Morgan fingerprint density at radius 1 is 0.417 bits per heavy atom. The summed E-state index contributed by atoms with van der Waals surface area (Å²) < 4.78 is 173. The van der Waals surface area contributed by atoms with Gasteiger partial charge in [-0.1, -0.05) is 0 Å². The molecule has 0 rings (SSSR count). The van der Waals surface area contributed by atoms with Gasteiger partial charge in [0.25, 0.3) is 0 Å². The smallest absolute Gasteiger partial charge is 0.279 e. The van der Waals surface area contributed by atoms with Gasteiger partial charge in [-0.25, -0.2) is 0 Å². The van der Waals surface area contributed by atoms with E-state index in [1.54, 1.807) is 0 Å². The Hall–Kier alpha value is -0.900. The van der Waals surface area contributed by atoms with Gasteiger partial charge in [-0.2, -0.15) is 64.8 Å². The van der Waals surface area contributed by atoms with Gasteiger partial charge in [0.1, 0.15) is 0 Å². The number of rotatable bonds is 0. The molecule has 150 valence electrons. The van der Waals surface area contributed by atoms with Crippen molar-refractivity contribution in [2.45, 2.75) is 16.5 Å². The maximum Gasteiger partial charge on any atom is 0.522 e. The average molecular weight is 450 g/mol. The molecule has 0 aromatic rings. The van der Waals surface area contributed by atoms with Crippen molar-refractivity contribution in [1.29, 1.82) is 0 Å². The van der Waals surface area contributed by atoms with Crippen molar-refractivity contribution >= 4 is 30.4 Å². The fraction of sp³-hybridized carbons (Fsp3) is 1.00. The Kier molecular flexibility index (Phi) is 9.29. The topological polar surface area (TPSA) is 163 Å². The standard InChI is InChI=1S/3CHF3O3S/c3*2-1(3,4)8(5,6)7/h3*(H,5,6,7). The lowest BCUT2D eigenvalue weighted by atomic mass is 11.6. The van der Waals surface area contributed by atoms with E-state index < -0.39 is 46.9 Å². The number of halogens is 9. The van der Waals surface area contributed by atoms with Gasteiger partial charge in [-0.05, 0) is 0 Å². The maximum absolute atomic E-state index is 10.7. The SMILES string of the molecule is O=S(=O)(O)C(F)(F)F.O=S(=O)(O)C(F)(F)F.O=S(=O)(O)C(F)(F)F. The molecule has 9 nitrogen and oxygen atoms in total. The van der Waals surface area contributed by atoms with Crippen molar-refractivity contribution < 1.29 is 78.4 Å². The van der Waals surface area contributed by atoms with Crippen LogP contribution in [-0.4, -0.2) is 55.4 Å². The molecular weight excluding hydrogens is 447 g/mol. The molecule has 3 N–H and O–H groups in total. The van der Waals surface area contributed by atoms with Crippen molar-refractivity contribution in [1.82, 2.24) is 0 Å². The first-order chi connectivity index (χ1) is 9.75. The summed E-state index contributed by atoms with van der Waals surface area (Å²) in [5.41, 5.74) is -16.6. The molecule has 24 heavy (non-hydrogen) atoms. The van der Waals surface area contributed by atoms with E-state index in [-0.39, 0.29) is 0 Å². The third kappa shape index (κ3) is 12.5. The van der Waals surface area contributed by atoms with Crippen molar-refractivity contribution in [3.8, 4) is 0 Å². The first-order valence-corrected chi connectivity index (χ1v) is 8.18.